The lowest BCUT2D eigenvalue weighted by Crippen LogP contribution is -2.35. The summed E-state index contributed by atoms with van der Waals surface area (Å²) in [6.07, 6.45) is 2.80. The van der Waals surface area contributed by atoms with E-state index in [9.17, 15) is 4.79 Å². The summed E-state index contributed by atoms with van der Waals surface area (Å²) < 4.78 is 2.07. The van der Waals surface area contributed by atoms with Crippen molar-refractivity contribution in [3.05, 3.63) is 41.6 Å². The van der Waals surface area contributed by atoms with Gasteiger partial charge in [0, 0.05) is 56.8 Å². The molecular weight excluding hydrogens is 326 g/mol. The van der Waals surface area contributed by atoms with Crippen LogP contribution >= 0.6 is 0 Å². The van der Waals surface area contributed by atoms with E-state index in [-0.39, 0.29) is 5.91 Å². The molecule has 2 aromatic rings. The van der Waals surface area contributed by atoms with Gasteiger partial charge < -0.3 is 15.5 Å². The first-order valence-electron chi connectivity index (χ1n) is 9.57. The van der Waals surface area contributed by atoms with E-state index < -0.39 is 0 Å². The average molecular weight is 353 g/mol. The minimum absolute atomic E-state index is 0.250. The summed E-state index contributed by atoms with van der Waals surface area (Å²) >= 11 is 0. The Morgan fingerprint density at radius 2 is 2.12 bits per heavy atom. The quantitative estimate of drug-likeness (QED) is 0.867. The number of benzene rings is 1. The van der Waals surface area contributed by atoms with Crippen LogP contribution in [0.25, 0.3) is 0 Å². The average Bonchev–Trinajstić information content (AvgIpc) is 3.02. The third kappa shape index (κ3) is 3.75. The number of amides is 1. The van der Waals surface area contributed by atoms with Crippen LogP contribution in [-0.4, -0.2) is 35.3 Å². The Kier molecular flexibility index (Phi) is 4.93. The van der Waals surface area contributed by atoms with E-state index in [1.165, 1.54) is 5.56 Å². The van der Waals surface area contributed by atoms with Crippen molar-refractivity contribution in [2.75, 3.05) is 29.9 Å². The highest BCUT2D eigenvalue weighted by Crippen LogP contribution is 2.21. The zero-order valence-electron chi connectivity index (χ0n) is 15.4. The first kappa shape index (κ1) is 17.1. The van der Waals surface area contributed by atoms with Gasteiger partial charge in [-0.2, -0.15) is 5.10 Å². The number of nitrogens with zero attached hydrogens (tertiary/aromatic N) is 3. The summed E-state index contributed by atoms with van der Waals surface area (Å²) in [5.41, 5.74) is 3.34. The van der Waals surface area contributed by atoms with Gasteiger partial charge in [-0.15, -0.1) is 0 Å². The van der Waals surface area contributed by atoms with Gasteiger partial charge in [0.1, 0.15) is 5.82 Å². The van der Waals surface area contributed by atoms with E-state index in [1.807, 2.05) is 11.8 Å². The zero-order valence-corrected chi connectivity index (χ0v) is 15.4. The van der Waals surface area contributed by atoms with Crippen molar-refractivity contribution in [1.82, 2.24) is 15.1 Å². The van der Waals surface area contributed by atoms with Crippen LogP contribution < -0.4 is 15.5 Å². The van der Waals surface area contributed by atoms with Crippen molar-refractivity contribution in [2.45, 2.75) is 39.3 Å². The lowest BCUT2D eigenvalue weighted by atomic mass is 10.1. The van der Waals surface area contributed by atoms with Crippen molar-refractivity contribution in [3.63, 3.8) is 0 Å². The number of carbonyl (C=O) groups is 1. The van der Waals surface area contributed by atoms with Crippen molar-refractivity contribution in [3.8, 4) is 0 Å². The van der Waals surface area contributed by atoms with Crippen LogP contribution in [0.1, 0.15) is 30.5 Å². The monoisotopic (exact) mass is 353 g/mol. The van der Waals surface area contributed by atoms with E-state index in [4.69, 9.17) is 0 Å². The molecule has 3 heterocycles. The highest BCUT2D eigenvalue weighted by molar-refractivity contribution is 5.93. The number of hydrogen-bond donors (Lipinski definition) is 2. The van der Waals surface area contributed by atoms with Gasteiger partial charge in [0.15, 0.2) is 0 Å². The third-order valence-electron chi connectivity index (χ3n) is 5.24. The molecule has 0 radical (unpaired) electrons. The molecule has 2 N–H and O–H groups in total. The second kappa shape index (κ2) is 7.50. The van der Waals surface area contributed by atoms with Gasteiger partial charge in [0.2, 0.25) is 5.91 Å². The number of piperidine rings is 1. The molecule has 0 aliphatic carbocycles. The number of fused-ring (bicyclic) bond motifs is 1. The fourth-order valence-corrected chi connectivity index (χ4v) is 3.81. The number of nitrogens with one attached hydrogen (secondary N) is 2. The van der Waals surface area contributed by atoms with E-state index in [0.717, 1.165) is 62.8 Å². The molecule has 0 saturated carbocycles. The van der Waals surface area contributed by atoms with Gasteiger partial charge in [0.25, 0.3) is 0 Å². The number of aromatic nitrogens is 2. The molecule has 0 unspecified atom stereocenters. The highest BCUT2D eigenvalue weighted by atomic mass is 16.2. The van der Waals surface area contributed by atoms with Crippen LogP contribution in [0.4, 0.5) is 11.5 Å². The molecule has 1 saturated heterocycles. The number of carbonyl (C=O) groups excluding carboxylic acids is 1. The van der Waals surface area contributed by atoms with Gasteiger partial charge in [-0.1, -0.05) is 12.1 Å². The van der Waals surface area contributed by atoms with Gasteiger partial charge in [-0.3, -0.25) is 4.79 Å². The number of rotatable bonds is 5. The standard InChI is InChI=1S/C20H27N5O/c1-15-10-19-22-13-17(14-25(19)23-15)12-21-11-16-5-7-18(8-6-16)24-9-3-2-4-20(24)26/h5-8,10,17,21-22H,2-4,9,11-14H2,1H3/t17-/m0/s1. The molecule has 1 atom stereocenters. The number of hydrogen-bond acceptors (Lipinski definition) is 4. The van der Waals surface area contributed by atoms with E-state index >= 15 is 0 Å². The van der Waals surface area contributed by atoms with Crippen molar-refractivity contribution in [2.24, 2.45) is 5.92 Å². The predicted molar refractivity (Wildman–Crippen MR) is 103 cm³/mol. The molecule has 138 valence electrons. The van der Waals surface area contributed by atoms with E-state index in [1.54, 1.807) is 0 Å². The van der Waals surface area contributed by atoms with Crippen LogP contribution in [-0.2, 0) is 17.9 Å². The summed E-state index contributed by atoms with van der Waals surface area (Å²) in [6, 6.07) is 10.5. The molecule has 1 aromatic carbocycles. The number of anilines is 2. The first-order chi connectivity index (χ1) is 12.7. The smallest absolute Gasteiger partial charge is 0.226 e. The van der Waals surface area contributed by atoms with Crippen LogP contribution in [0, 0.1) is 12.8 Å². The molecule has 26 heavy (non-hydrogen) atoms. The molecule has 6 heteroatoms. The summed E-state index contributed by atoms with van der Waals surface area (Å²) in [7, 11) is 0. The normalized spacial score (nSPS) is 20.0. The maximum absolute atomic E-state index is 12.0. The lowest BCUT2D eigenvalue weighted by Gasteiger charge is -2.27. The van der Waals surface area contributed by atoms with E-state index in [2.05, 4.69) is 50.7 Å². The Morgan fingerprint density at radius 3 is 2.92 bits per heavy atom. The Balaban J connectivity index is 1.27. The SMILES string of the molecule is Cc1cc2n(n1)C[C@@H](CNCc1ccc(N3CCCCC3=O)cc1)CN2. The van der Waals surface area contributed by atoms with Crippen LogP contribution in [0.3, 0.4) is 0 Å². The Bertz CT molecular complexity index is 767. The second-order valence-electron chi connectivity index (χ2n) is 7.40. The largest absolute Gasteiger partial charge is 0.370 e. The van der Waals surface area contributed by atoms with Gasteiger partial charge in [0.05, 0.1) is 5.69 Å². The zero-order chi connectivity index (χ0) is 17.9. The molecule has 6 nitrogen and oxygen atoms in total. The van der Waals surface area contributed by atoms with Crippen LogP contribution in [0.15, 0.2) is 30.3 Å². The summed E-state index contributed by atoms with van der Waals surface area (Å²) in [5.74, 6) is 1.91. The molecule has 4 rings (SSSR count). The second-order valence-corrected chi connectivity index (χ2v) is 7.40. The highest BCUT2D eigenvalue weighted by Gasteiger charge is 2.20. The number of aryl methyl sites for hydroxylation is 1. The molecule has 0 spiro atoms. The maximum atomic E-state index is 12.0. The molecule has 1 aromatic heterocycles. The first-order valence-corrected chi connectivity index (χ1v) is 9.57. The Hall–Kier alpha value is -2.34. The maximum Gasteiger partial charge on any atom is 0.226 e. The molecule has 1 amide bonds. The molecule has 0 bridgehead atoms. The fraction of sp³-hybridized carbons (Fsp3) is 0.500. The predicted octanol–water partition coefficient (Wildman–Crippen LogP) is 2.54. The summed E-state index contributed by atoms with van der Waals surface area (Å²) in [5, 5.41) is 11.5. The Labute approximate surface area is 154 Å². The van der Waals surface area contributed by atoms with E-state index in [0.29, 0.717) is 12.3 Å². The molecule has 2 aliphatic heterocycles. The van der Waals surface area contributed by atoms with Crippen molar-refractivity contribution >= 4 is 17.4 Å². The Morgan fingerprint density at radius 1 is 1.27 bits per heavy atom. The summed E-state index contributed by atoms with van der Waals surface area (Å²) in [4.78, 5) is 13.9. The third-order valence-corrected chi connectivity index (χ3v) is 5.24. The molecular formula is C20H27N5O. The molecule has 1 fully saturated rings. The minimum atomic E-state index is 0.250. The topological polar surface area (TPSA) is 62.2 Å². The van der Waals surface area contributed by atoms with Crippen molar-refractivity contribution < 1.29 is 4.79 Å². The van der Waals surface area contributed by atoms with Crippen LogP contribution in [0.2, 0.25) is 0 Å². The van der Waals surface area contributed by atoms with Gasteiger partial charge in [-0.05, 0) is 37.5 Å². The minimum Gasteiger partial charge on any atom is -0.370 e. The lowest BCUT2D eigenvalue weighted by molar-refractivity contribution is -0.119. The van der Waals surface area contributed by atoms with Crippen molar-refractivity contribution in [1.29, 1.82) is 0 Å². The fourth-order valence-electron chi connectivity index (χ4n) is 3.81. The molecule has 2 aliphatic rings. The van der Waals surface area contributed by atoms with Crippen LogP contribution in [0.5, 0.6) is 0 Å². The van der Waals surface area contributed by atoms with Gasteiger partial charge >= 0.3 is 0 Å². The summed E-state index contributed by atoms with van der Waals surface area (Å²) in [6.45, 7) is 6.61. The van der Waals surface area contributed by atoms with Gasteiger partial charge in [-0.25, -0.2) is 4.68 Å².